The predicted octanol–water partition coefficient (Wildman–Crippen LogP) is 2.44. The zero-order valence-corrected chi connectivity index (χ0v) is 13.3. The molecule has 0 radical (unpaired) electrons. The summed E-state index contributed by atoms with van der Waals surface area (Å²) in [6, 6.07) is 8.42. The molecule has 1 aliphatic rings. The molecular formula is C16H25ClN2O2. The second-order valence-electron chi connectivity index (χ2n) is 5.47. The number of amides is 1. The number of hydrogen-bond acceptors (Lipinski definition) is 3. The van der Waals surface area contributed by atoms with Crippen molar-refractivity contribution in [3.63, 3.8) is 0 Å². The molecule has 0 atom stereocenters. The highest BCUT2D eigenvalue weighted by molar-refractivity contribution is 5.85. The third kappa shape index (κ3) is 5.94. The Morgan fingerprint density at radius 3 is 2.43 bits per heavy atom. The maximum Gasteiger partial charge on any atom is 0.258 e. The van der Waals surface area contributed by atoms with E-state index < -0.39 is 0 Å². The number of nitrogens with one attached hydrogen (secondary N) is 1. The third-order valence-electron chi connectivity index (χ3n) is 3.84. The van der Waals surface area contributed by atoms with Crippen LogP contribution in [0.1, 0.15) is 38.2 Å². The van der Waals surface area contributed by atoms with Gasteiger partial charge in [0.2, 0.25) is 0 Å². The van der Waals surface area contributed by atoms with Crippen LogP contribution in [0.5, 0.6) is 5.75 Å². The maximum atomic E-state index is 11.8. The lowest BCUT2D eigenvalue weighted by Gasteiger charge is -2.26. The molecule has 0 bridgehead atoms. The van der Waals surface area contributed by atoms with Gasteiger partial charge < -0.3 is 15.8 Å². The van der Waals surface area contributed by atoms with Crippen molar-refractivity contribution in [1.29, 1.82) is 0 Å². The van der Waals surface area contributed by atoms with Crippen LogP contribution in [0.4, 0.5) is 0 Å². The van der Waals surface area contributed by atoms with Crippen LogP contribution in [0.2, 0.25) is 0 Å². The number of aryl methyl sites for hydroxylation is 1. The summed E-state index contributed by atoms with van der Waals surface area (Å²) in [6.07, 6.45) is 4.93. The van der Waals surface area contributed by atoms with Crippen LogP contribution in [-0.2, 0) is 11.2 Å². The SMILES string of the molecule is CCc1ccc(OCC(=O)NC2CCC(N)CC2)cc1.Cl. The van der Waals surface area contributed by atoms with E-state index in [9.17, 15) is 4.79 Å². The van der Waals surface area contributed by atoms with E-state index in [1.165, 1.54) is 5.56 Å². The minimum absolute atomic E-state index is 0. The third-order valence-corrected chi connectivity index (χ3v) is 3.84. The molecule has 0 spiro atoms. The monoisotopic (exact) mass is 312 g/mol. The molecule has 2 rings (SSSR count). The van der Waals surface area contributed by atoms with Gasteiger partial charge in [0.25, 0.3) is 5.91 Å². The Morgan fingerprint density at radius 2 is 1.86 bits per heavy atom. The van der Waals surface area contributed by atoms with Crippen molar-refractivity contribution in [2.75, 3.05) is 6.61 Å². The van der Waals surface area contributed by atoms with E-state index >= 15 is 0 Å². The average Bonchev–Trinajstić information content (AvgIpc) is 2.48. The van der Waals surface area contributed by atoms with E-state index in [0.29, 0.717) is 6.04 Å². The molecule has 0 heterocycles. The highest BCUT2D eigenvalue weighted by Gasteiger charge is 2.19. The van der Waals surface area contributed by atoms with Crippen LogP contribution in [0.3, 0.4) is 0 Å². The highest BCUT2D eigenvalue weighted by atomic mass is 35.5. The van der Waals surface area contributed by atoms with E-state index in [2.05, 4.69) is 12.2 Å². The largest absolute Gasteiger partial charge is 0.484 e. The molecule has 3 N–H and O–H groups in total. The van der Waals surface area contributed by atoms with Crippen LogP contribution < -0.4 is 15.8 Å². The Morgan fingerprint density at radius 1 is 1.24 bits per heavy atom. The van der Waals surface area contributed by atoms with Crippen LogP contribution >= 0.6 is 12.4 Å². The van der Waals surface area contributed by atoms with Gasteiger partial charge in [-0.3, -0.25) is 4.79 Å². The number of hydrogen-bond donors (Lipinski definition) is 2. The molecule has 0 aliphatic heterocycles. The topological polar surface area (TPSA) is 64.3 Å². The Labute approximate surface area is 132 Å². The Bertz CT molecular complexity index is 428. The molecule has 4 nitrogen and oxygen atoms in total. The minimum Gasteiger partial charge on any atom is -0.484 e. The molecule has 0 saturated heterocycles. The summed E-state index contributed by atoms with van der Waals surface area (Å²) in [4.78, 5) is 11.8. The fourth-order valence-electron chi connectivity index (χ4n) is 2.50. The van der Waals surface area contributed by atoms with Crippen LogP contribution in [0.25, 0.3) is 0 Å². The smallest absolute Gasteiger partial charge is 0.258 e. The summed E-state index contributed by atoms with van der Waals surface area (Å²) in [5.41, 5.74) is 7.11. The van der Waals surface area contributed by atoms with Gasteiger partial charge in [-0.2, -0.15) is 0 Å². The summed E-state index contributed by atoms with van der Waals surface area (Å²) in [7, 11) is 0. The van der Waals surface area contributed by atoms with E-state index in [4.69, 9.17) is 10.5 Å². The van der Waals surface area contributed by atoms with E-state index in [1.807, 2.05) is 24.3 Å². The zero-order valence-electron chi connectivity index (χ0n) is 12.5. The second kappa shape index (κ2) is 8.90. The summed E-state index contributed by atoms with van der Waals surface area (Å²) in [6.45, 7) is 2.19. The fraction of sp³-hybridized carbons (Fsp3) is 0.562. The number of halogens is 1. The highest BCUT2D eigenvalue weighted by Crippen LogP contribution is 2.17. The van der Waals surface area contributed by atoms with Gasteiger partial charge in [-0.05, 0) is 49.8 Å². The summed E-state index contributed by atoms with van der Waals surface area (Å²) >= 11 is 0. The fourth-order valence-corrected chi connectivity index (χ4v) is 2.50. The molecule has 5 heteroatoms. The van der Waals surface area contributed by atoms with Crippen molar-refractivity contribution in [3.05, 3.63) is 29.8 Å². The molecule has 118 valence electrons. The molecular weight excluding hydrogens is 288 g/mol. The summed E-state index contributed by atoms with van der Waals surface area (Å²) in [5.74, 6) is 0.688. The Hall–Kier alpha value is -1.26. The molecule has 1 aliphatic carbocycles. The quantitative estimate of drug-likeness (QED) is 0.877. The van der Waals surface area contributed by atoms with Gasteiger partial charge in [-0.15, -0.1) is 12.4 Å². The van der Waals surface area contributed by atoms with Gasteiger partial charge in [0.05, 0.1) is 0 Å². The molecule has 0 aromatic heterocycles. The molecule has 1 aromatic rings. The molecule has 1 amide bonds. The van der Waals surface area contributed by atoms with Gasteiger partial charge in [0, 0.05) is 12.1 Å². The lowest BCUT2D eigenvalue weighted by Crippen LogP contribution is -2.42. The van der Waals surface area contributed by atoms with Crippen molar-refractivity contribution >= 4 is 18.3 Å². The molecule has 1 saturated carbocycles. The maximum absolute atomic E-state index is 11.8. The first-order valence-electron chi connectivity index (χ1n) is 7.44. The molecule has 0 unspecified atom stereocenters. The molecule has 1 aromatic carbocycles. The van der Waals surface area contributed by atoms with E-state index in [-0.39, 0.29) is 31.0 Å². The van der Waals surface area contributed by atoms with Crippen molar-refractivity contribution in [2.24, 2.45) is 5.73 Å². The first-order chi connectivity index (χ1) is 9.67. The lowest BCUT2D eigenvalue weighted by molar-refractivity contribution is -0.124. The average molecular weight is 313 g/mol. The van der Waals surface area contributed by atoms with E-state index in [0.717, 1.165) is 37.9 Å². The zero-order chi connectivity index (χ0) is 14.4. The van der Waals surface area contributed by atoms with Gasteiger partial charge in [0.1, 0.15) is 5.75 Å². The van der Waals surface area contributed by atoms with Crippen molar-refractivity contribution in [1.82, 2.24) is 5.32 Å². The van der Waals surface area contributed by atoms with Crippen molar-refractivity contribution < 1.29 is 9.53 Å². The standard InChI is InChI=1S/C16H24N2O2.ClH/c1-2-12-3-9-15(10-4-12)20-11-16(19)18-14-7-5-13(17)6-8-14;/h3-4,9-10,13-14H,2,5-8,11,17H2,1H3,(H,18,19);1H. The van der Waals surface area contributed by atoms with Gasteiger partial charge >= 0.3 is 0 Å². The van der Waals surface area contributed by atoms with Crippen LogP contribution in [-0.4, -0.2) is 24.6 Å². The number of carbonyl (C=O) groups is 1. The Balaban J connectivity index is 0.00000220. The van der Waals surface area contributed by atoms with Crippen LogP contribution in [0, 0.1) is 0 Å². The van der Waals surface area contributed by atoms with E-state index in [1.54, 1.807) is 0 Å². The molecule has 1 fully saturated rings. The number of benzene rings is 1. The molecule has 21 heavy (non-hydrogen) atoms. The van der Waals surface area contributed by atoms with Crippen molar-refractivity contribution in [3.8, 4) is 5.75 Å². The van der Waals surface area contributed by atoms with Crippen LogP contribution in [0.15, 0.2) is 24.3 Å². The van der Waals surface area contributed by atoms with Crippen molar-refractivity contribution in [2.45, 2.75) is 51.1 Å². The minimum atomic E-state index is -0.0509. The second-order valence-corrected chi connectivity index (χ2v) is 5.47. The number of nitrogens with two attached hydrogens (primary N) is 1. The summed E-state index contributed by atoms with van der Waals surface area (Å²) < 4.78 is 5.49. The van der Waals surface area contributed by atoms with Gasteiger partial charge in [-0.25, -0.2) is 0 Å². The predicted molar refractivity (Wildman–Crippen MR) is 86.9 cm³/mol. The number of ether oxygens (including phenoxy) is 1. The first kappa shape index (κ1) is 17.8. The Kier molecular flexibility index (Phi) is 7.54. The lowest BCUT2D eigenvalue weighted by atomic mass is 9.92. The first-order valence-corrected chi connectivity index (χ1v) is 7.44. The number of carbonyl (C=O) groups excluding carboxylic acids is 1. The van der Waals surface area contributed by atoms with Gasteiger partial charge in [0.15, 0.2) is 6.61 Å². The number of rotatable bonds is 5. The normalized spacial score (nSPS) is 21.2. The van der Waals surface area contributed by atoms with Gasteiger partial charge in [-0.1, -0.05) is 19.1 Å². The summed E-state index contributed by atoms with van der Waals surface area (Å²) in [5, 5.41) is 3.01.